The Labute approximate surface area is 114 Å². The molecule has 0 aromatic heterocycles. The van der Waals surface area contributed by atoms with Crippen LogP contribution in [0.3, 0.4) is 0 Å². The molecule has 0 fully saturated rings. The van der Waals surface area contributed by atoms with Crippen LogP contribution < -0.4 is 0 Å². The Hall–Kier alpha value is -0.250. The summed E-state index contributed by atoms with van der Waals surface area (Å²) in [6, 6.07) is 5.13. The van der Waals surface area contributed by atoms with Gasteiger partial charge >= 0.3 is 0 Å². The molecular formula is C11H12BrCl2NO. The summed E-state index contributed by atoms with van der Waals surface area (Å²) in [5.41, 5.74) is 0.608. The van der Waals surface area contributed by atoms with Gasteiger partial charge in [-0.25, -0.2) is 0 Å². The highest BCUT2D eigenvalue weighted by Gasteiger charge is 2.16. The van der Waals surface area contributed by atoms with Crippen LogP contribution in [-0.4, -0.2) is 29.8 Å². The summed E-state index contributed by atoms with van der Waals surface area (Å²) < 4.78 is 0.707. The third kappa shape index (κ3) is 3.37. The number of rotatable bonds is 4. The molecule has 0 heterocycles. The maximum atomic E-state index is 12.1. The van der Waals surface area contributed by atoms with Crippen LogP contribution in [0.1, 0.15) is 17.3 Å². The molecule has 1 rings (SSSR count). The molecule has 0 aliphatic carbocycles. The van der Waals surface area contributed by atoms with E-state index in [2.05, 4.69) is 15.9 Å². The predicted molar refractivity (Wildman–Crippen MR) is 71.4 cm³/mol. The second kappa shape index (κ2) is 6.48. The van der Waals surface area contributed by atoms with Crippen molar-refractivity contribution in [1.82, 2.24) is 4.90 Å². The summed E-state index contributed by atoms with van der Waals surface area (Å²) in [6.07, 6.45) is 0. The fourth-order valence-electron chi connectivity index (χ4n) is 1.34. The first kappa shape index (κ1) is 13.8. The van der Waals surface area contributed by atoms with E-state index in [4.69, 9.17) is 23.2 Å². The van der Waals surface area contributed by atoms with Crippen LogP contribution in [0.5, 0.6) is 0 Å². The lowest BCUT2D eigenvalue weighted by Crippen LogP contribution is -2.32. The Bertz CT molecular complexity index is 384. The van der Waals surface area contributed by atoms with Crippen molar-refractivity contribution in [2.24, 2.45) is 0 Å². The normalized spacial score (nSPS) is 10.2. The van der Waals surface area contributed by atoms with Gasteiger partial charge in [-0.15, -0.1) is 11.6 Å². The summed E-state index contributed by atoms with van der Waals surface area (Å²) in [4.78, 5) is 13.8. The lowest BCUT2D eigenvalue weighted by Gasteiger charge is -2.20. The van der Waals surface area contributed by atoms with Crippen LogP contribution in [0, 0.1) is 0 Å². The van der Waals surface area contributed by atoms with Crippen molar-refractivity contribution in [3.63, 3.8) is 0 Å². The molecule has 0 N–H and O–H groups in total. The van der Waals surface area contributed by atoms with Crippen molar-refractivity contribution in [2.75, 3.05) is 19.0 Å². The molecule has 0 atom stereocenters. The quantitative estimate of drug-likeness (QED) is 0.771. The number of carbonyl (C=O) groups excluding carboxylic acids is 1. The van der Waals surface area contributed by atoms with Crippen molar-refractivity contribution in [3.05, 3.63) is 33.3 Å². The average Bonchev–Trinajstić information content (AvgIpc) is 2.25. The van der Waals surface area contributed by atoms with E-state index >= 15 is 0 Å². The summed E-state index contributed by atoms with van der Waals surface area (Å²) in [6.45, 7) is 3.11. The molecule has 0 aliphatic heterocycles. The molecule has 0 aliphatic rings. The summed E-state index contributed by atoms with van der Waals surface area (Å²) in [7, 11) is 0. The van der Waals surface area contributed by atoms with Gasteiger partial charge < -0.3 is 4.90 Å². The molecule has 0 unspecified atom stereocenters. The predicted octanol–water partition coefficient (Wildman–Crippen LogP) is 3.80. The monoisotopic (exact) mass is 323 g/mol. The van der Waals surface area contributed by atoms with E-state index < -0.39 is 0 Å². The van der Waals surface area contributed by atoms with Gasteiger partial charge in [-0.1, -0.05) is 11.6 Å². The summed E-state index contributed by atoms with van der Waals surface area (Å²) >= 11 is 14.8. The average molecular weight is 325 g/mol. The van der Waals surface area contributed by atoms with Crippen LogP contribution in [0.15, 0.2) is 22.7 Å². The zero-order valence-electron chi connectivity index (χ0n) is 8.84. The molecule has 0 bridgehead atoms. The summed E-state index contributed by atoms with van der Waals surface area (Å²) in [5, 5.41) is 0.601. The Morgan fingerprint density at radius 1 is 1.50 bits per heavy atom. The van der Waals surface area contributed by atoms with Gasteiger partial charge in [0, 0.05) is 28.5 Å². The minimum absolute atomic E-state index is 0.0355. The number of amides is 1. The number of hydrogen-bond donors (Lipinski definition) is 0. The minimum Gasteiger partial charge on any atom is -0.338 e. The van der Waals surface area contributed by atoms with Gasteiger partial charge in [0.15, 0.2) is 0 Å². The number of benzene rings is 1. The molecule has 0 radical (unpaired) electrons. The van der Waals surface area contributed by atoms with Crippen molar-refractivity contribution in [2.45, 2.75) is 6.92 Å². The maximum absolute atomic E-state index is 12.1. The van der Waals surface area contributed by atoms with E-state index in [0.717, 1.165) is 0 Å². The highest BCUT2D eigenvalue weighted by Crippen LogP contribution is 2.22. The van der Waals surface area contributed by atoms with Crippen LogP contribution in [0.4, 0.5) is 0 Å². The molecule has 1 aromatic carbocycles. The van der Waals surface area contributed by atoms with Gasteiger partial charge in [0.1, 0.15) is 0 Å². The third-order valence-electron chi connectivity index (χ3n) is 2.18. The fourth-order valence-corrected chi connectivity index (χ4v) is 2.39. The second-order valence-electron chi connectivity index (χ2n) is 3.20. The molecule has 0 saturated carbocycles. The van der Waals surface area contributed by atoms with E-state index in [0.29, 0.717) is 34.0 Å². The van der Waals surface area contributed by atoms with E-state index in [-0.39, 0.29) is 5.91 Å². The van der Waals surface area contributed by atoms with Gasteiger partial charge in [0.2, 0.25) is 0 Å². The van der Waals surface area contributed by atoms with Crippen molar-refractivity contribution >= 4 is 45.0 Å². The fraction of sp³-hybridized carbons (Fsp3) is 0.364. The molecule has 0 spiro atoms. The van der Waals surface area contributed by atoms with Crippen molar-refractivity contribution < 1.29 is 4.79 Å². The molecular weight excluding hydrogens is 313 g/mol. The Morgan fingerprint density at radius 3 is 2.69 bits per heavy atom. The van der Waals surface area contributed by atoms with Gasteiger partial charge in [-0.2, -0.15) is 0 Å². The van der Waals surface area contributed by atoms with Crippen LogP contribution in [-0.2, 0) is 0 Å². The second-order valence-corrected chi connectivity index (χ2v) is 4.87. The number of hydrogen-bond acceptors (Lipinski definition) is 1. The van der Waals surface area contributed by atoms with Crippen LogP contribution >= 0.6 is 39.1 Å². The molecule has 1 amide bonds. The van der Waals surface area contributed by atoms with Gasteiger partial charge in [-0.3, -0.25) is 4.79 Å². The lowest BCUT2D eigenvalue weighted by molar-refractivity contribution is 0.0773. The first-order valence-corrected chi connectivity index (χ1v) is 6.61. The van der Waals surface area contributed by atoms with Gasteiger partial charge in [-0.05, 0) is 41.1 Å². The minimum atomic E-state index is -0.0355. The first-order chi connectivity index (χ1) is 7.60. The maximum Gasteiger partial charge on any atom is 0.255 e. The summed E-state index contributed by atoms with van der Waals surface area (Å²) in [5.74, 6) is 0.400. The van der Waals surface area contributed by atoms with E-state index in [9.17, 15) is 4.79 Å². The molecule has 88 valence electrons. The SMILES string of the molecule is CCN(CCCl)C(=O)c1ccc(Cl)cc1Br. The molecule has 16 heavy (non-hydrogen) atoms. The number of nitrogens with zero attached hydrogens (tertiary/aromatic N) is 1. The highest BCUT2D eigenvalue weighted by molar-refractivity contribution is 9.10. The zero-order valence-corrected chi connectivity index (χ0v) is 11.9. The van der Waals surface area contributed by atoms with E-state index in [1.165, 1.54) is 0 Å². The number of alkyl halides is 1. The van der Waals surface area contributed by atoms with E-state index in [1.807, 2.05) is 6.92 Å². The van der Waals surface area contributed by atoms with Crippen LogP contribution in [0.25, 0.3) is 0 Å². The third-order valence-corrected chi connectivity index (χ3v) is 3.25. The smallest absolute Gasteiger partial charge is 0.255 e. The largest absolute Gasteiger partial charge is 0.338 e. The molecule has 2 nitrogen and oxygen atoms in total. The molecule has 1 aromatic rings. The molecule has 0 saturated heterocycles. The topological polar surface area (TPSA) is 20.3 Å². The molecule has 5 heteroatoms. The zero-order chi connectivity index (χ0) is 12.1. The standard InChI is InChI=1S/C11H12BrCl2NO/c1-2-15(6-5-13)11(16)9-4-3-8(14)7-10(9)12/h3-4,7H,2,5-6H2,1H3. The van der Waals surface area contributed by atoms with E-state index in [1.54, 1.807) is 23.1 Å². The number of carbonyl (C=O) groups is 1. The van der Waals surface area contributed by atoms with Gasteiger partial charge in [0.05, 0.1) is 5.56 Å². The number of halogens is 3. The highest BCUT2D eigenvalue weighted by atomic mass is 79.9. The van der Waals surface area contributed by atoms with Crippen molar-refractivity contribution in [3.8, 4) is 0 Å². The van der Waals surface area contributed by atoms with Crippen LogP contribution in [0.2, 0.25) is 5.02 Å². The Balaban J connectivity index is 2.94. The van der Waals surface area contributed by atoms with Crippen molar-refractivity contribution in [1.29, 1.82) is 0 Å². The first-order valence-electron chi connectivity index (χ1n) is 4.90. The Kier molecular flexibility index (Phi) is 5.59. The Morgan fingerprint density at radius 2 is 2.19 bits per heavy atom. The van der Waals surface area contributed by atoms with Gasteiger partial charge in [0.25, 0.3) is 5.91 Å². The lowest BCUT2D eigenvalue weighted by atomic mass is 10.2.